The van der Waals surface area contributed by atoms with Crippen molar-refractivity contribution >= 4 is 17.9 Å². The van der Waals surface area contributed by atoms with E-state index in [0.29, 0.717) is 19.6 Å². The zero-order chi connectivity index (χ0) is 16.5. The van der Waals surface area contributed by atoms with E-state index in [2.05, 4.69) is 41.1 Å². The largest absolute Gasteiger partial charge is 0.344 e. The number of nitrogens with one attached hydrogen (secondary N) is 1. The molecule has 1 aromatic rings. The van der Waals surface area contributed by atoms with Gasteiger partial charge in [-0.3, -0.25) is 14.5 Å². The Labute approximate surface area is 137 Å². The topological polar surface area (TPSA) is 52.7 Å². The molecule has 1 aliphatic heterocycles. The minimum atomic E-state index is -0.553. The first kappa shape index (κ1) is 17.0. The van der Waals surface area contributed by atoms with Crippen LogP contribution in [0.1, 0.15) is 5.56 Å². The Morgan fingerprint density at radius 2 is 1.83 bits per heavy atom. The standard InChI is InChI=1S/C18H23N3O2/c1-2-10-19-17(22)18(23)21-14-12-20(13-15-21)11-6-9-16-7-4-3-5-8-16/h2-9H,1,10-15H2,(H,19,22)/b9-6+. The van der Waals surface area contributed by atoms with E-state index in [-0.39, 0.29) is 0 Å². The van der Waals surface area contributed by atoms with Crippen LogP contribution >= 0.6 is 0 Å². The monoisotopic (exact) mass is 313 g/mol. The van der Waals surface area contributed by atoms with Gasteiger partial charge in [0.25, 0.3) is 0 Å². The van der Waals surface area contributed by atoms with Gasteiger partial charge in [0.1, 0.15) is 0 Å². The van der Waals surface area contributed by atoms with Gasteiger partial charge in [0, 0.05) is 39.3 Å². The SMILES string of the molecule is C=CCNC(=O)C(=O)N1CCN(C/C=C/c2ccccc2)CC1. The molecule has 0 saturated carbocycles. The van der Waals surface area contributed by atoms with E-state index in [1.807, 2.05) is 18.2 Å². The zero-order valence-electron chi connectivity index (χ0n) is 13.3. The number of carbonyl (C=O) groups is 2. The first-order chi connectivity index (χ1) is 11.2. The Morgan fingerprint density at radius 1 is 1.13 bits per heavy atom. The third-order valence-corrected chi connectivity index (χ3v) is 3.73. The molecule has 0 radical (unpaired) electrons. The van der Waals surface area contributed by atoms with Crippen molar-refractivity contribution in [1.29, 1.82) is 0 Å². The van der Waals surface area contributed by atoms with Crippen LogP contribution in [0.2, 0.25) is 0 Å². The van der Waals surface area contributed by atoms with Crippen LogP contribution in [0.4, 0.5) is 0 Å². The first-order valence-electron chi connectivity index (χ1n) is 7.82. The van der Waals surface area contributed by atoms with Crippen molar-refractivity contribution in [1.82, 2.24) is 15.1 Å². The summed E-state index contributed by atoms with van der Waals surface area (Å²) in [6.07, 6.45) is 5.78. The lowest BCUT2D eigenvalue weighted by atomic mass is 10.2. The number of hydrogen-bond donors (Lipinski definition) is 1. The van der Waals surface area contributed by atoms with Gasteiger partial charge >= 0.3 is 11.8 Å². The van der Waals surface area contributed by atoms with Gasteiger partial charge in [-0.2, -0.15) is 0 Å². The molecule has 1 fully saturated rings. The maximum atomic E-state index is 12.0. The van der Waals surface area contributed by atoms with Crippen LogP contribution in [-0.4, -0.2) is 60.9 Å². The molecule has 23 heavy (non-hydrogen) atoms. The smallest absolute Gasteiger partial charge is 0.311 e. The van der Waals surface area contributed by atoms with Crippen LogP contribution in [0.3, 0.4) is 0 Å². The van der Waals surface area contributed by atoms with Crippen molar-refractivity contribution in [2.75, 3.05) is 39.3 Å². The second-order valence-electron chi connectivity index (χ2n) is 5.40. The second kappa shape index (κ2) is 8.90. The molecule has 1 N–H and O–H groups in total. The number of nitrogens with zero attached hydrogens (tertiary/aromatic N) is 2. The summed E-state index contributed by atoms with van der Waals surface area (Å²) in [5, 5.41) is 2.52. The Hall–Kier alpha value is -2.40. The van der Waals surface area contributed by atoms with Gasteiger partial charge in [-0.1, -0.05) is 48.6 Å². The molecule has 122 valence electrons. The third kappa shape index (κ3) is 5.38. The average Bonchev–Trinajstić information content (AvgIpc) is 2.60. The summed E-state index contributed by atoms with van der Waals surface area (Å²) >= 11 is 0. The van der Waals surface area contributed by atoms with E-state index >= 15 is 0 Å². The van der Waals surface area contributed by atoms with Gasteiger partial charge in [0.15, 0.2) is 0 Å². The maximum absolute atomic E-state index is 12.0. The van der Waals surface area contributed by atoms with Crippen LogP contribution in [0.5, 0.6) is 0 Å². The number of hydrogen-bond acceptors (Lipinski definition) is 3. The lowest BCUT2D eigenvalue weighted by molar-refractivity contribution is -0.146. The van der Waals surface area contributed by atoms with E-state index < -0.39 is 11.8 Å². The molecule has 0 spiro atoms. The van der Waals surface area contributed by atoms with Crippen molar-refractivity contribution in [2.24, 2.45) is 0 Å². The molecule has 0 atom stereocenters. The van der Waals surface area contributed by atoms with E-state index in [9.17, 15) is 9.59 Å². The fourth-order valence-corrected chi connectivity index (χ4v) is 2.42. The summed E-state index contributed by atoms with van der Waals surface area (Å²) in [5.74, 6) is -1.01. The summed E-state index contributed by atoms with van der Waals surface area (Å²) in [5.41, 5.74) is 1.18. The van der Waals surface area contributed by atoms with Crippen LogP contribution in [0, 0.1) is 0 Å². The van der Waals surface area contributed by atoms with Gasteiger partial charge in [-0.05, 0) is 5.56 Å². The van der Waals surface area contributed by atoms with E-state index in [1.54, 1.807) is 11.0 Å². The van der Waals surface area contributed by atoms with Crippen LogP contribution in [0.25, 0.3) is 6.08 Å². The molecule has 0 aliphatic carbocycles. The molecule has 0 bridgehead atoms. The van der Waals surface area contributed by atoms with Crippen LogP contribution in [0.15, 0.2) is 49.1 Å². The van der Waals surface area contributed by atoms with E-state index in [1.165, 1.54) is 5.56 Å². The fraction of sp³-hybridized carbons (Fsp3) is 0.333. The Morgan fingerprint density at radius 3 is 2.48 bits per heavy atom. The highest BCUT2D eigenvalue weighted by atomic mass is 16.2. The zero-order valence-corrected chi connectivity index (χ0v) is 13.3. The summed E-state index contributed by atoms with van der Waals surface area (Å²) in [6, 6.07) is 10.2. The van der Waals surface area contributed by atoms with E-state index in [4.69, 9.17) is 0 Å². The van der Waals surface area contributed by atoms with Gasteiger partial charge in [-0.15, -0.1) is 6.58 Å². The molecule has 5 heteroatoms. The minimum Gasteiger partial charge on any atom is -0.344 e. The molecule has 5 nitrogen and oxygen atoms in total. The van der Waals surface area contributed by atoms with Crippen molar-refractivity contribution in [3.8, 4) is 0 Å². The van der Waals surface area contributed by atoms with Crippen LogP contribution in [-0.2, 0) is 9.59 Å². The number of rotatable bonds is 5. The molecule has 1 saturated heterocycles. The second-order valence-corrected chi connectivity index (χ2v) is 5.40. The predicted octanol–water partition coefficient (Wildman–Crippen LogP) is 1.15. The van der Waals surface area contributed by atoms with Gasteiger partial charge in [-0.25, -0.2) is 0 Å². The average molecular weight is 313 g/mol. The summed E-state index contributed by atoms with van der Waals surface area (Å²) < 4.78 is 0. The van der Waals surface area contributed by atoms with Gasteiger partial charge < -0.3 is 10.2 Å². The molecule has 1 aliphatic rings. The highest BCUT2D eigenvalue weighted by Crippen LogP contribution is 2.05. The summed E-state index contributed by atoms with van der Waals surface area (Å²) in [6.45, 7) is 7.39. The number of amides is 2. The third-order valence-electron chi connectivity index (χ3n) is 3.73. The lowest BCUT2D eigenvalue weighted by Gasteiger charge is -2.33. The van der Waals surface area contributed by atoms with Gasteiger partial charge in [0.05, 0.1) is 0 Å². The Kier molecular flexibility index (Phi) is 6.56. The van der Waals surface area contributed by atoms with Crippen molar-refractivity contribution in [2.45, 2.75) is 0 Å². The molecule has 0 aromatic heterocycles. The molecular weight excluding hydrogens is 290 g/mol. The Bertz CT molecular complexity index is 561. The maximum Gasteiger partial charge on any atom is 0.311 e. The molecule has 1 aromatic carbocycles. The van der Waals surface area contributed by atoms with Crippen molar-refractivity contribution in [3.63, 3.8) is 0 Å². The summed E-state index contributed by atoms with van der Waals surface area (Å²) in [7, 11) is 0. The number of piperazine rings is 1. The van der Waals surface area contributed by atoms with Gasteiger partial charge in [0.2, 0.25) is 0 Å². The molecule has 2 amide bonds. The van der Waals surface area contributed by atoms with E-state index in [0.717, 1.165) is 19.6 Å². The highest BCUT2D eigenvalue weighted by molar-refractivity contribution is 6.35. The lowest BCUT2D eigenvalue weighted by Crippen LogP contribution is -2.52. The molecule has 1 heterocycles. The molecule has 0 unspecified atom stereocenters. The Balaban J connectivity index is 1.73. The first-order valence-corrected chi connectivity index (χ1v) is 7.82. The number of carbonyl (C=O) groups excluding carboxylic acids is 2. The predicted molar refractivity (Wildman–Crippen MR) is 91.7 cm³/mol. The minimum absolute atomic E-state index is 0.314. The number of benzene rings is 1. The highest BCUT2D eigenvalue weighted by Gasteiger charge is 2.24. The van der Waals surface area contributed by atoms with Crippen LogP contribution < -0.4 is 5.32 Å². The normalized spacial score (nSPS) is 15.6. The fourth-order valence-electron chi connectivity index (χ4n) is 2.42. The van der Waals surface area contributed by atoms with Crippen molar-refractivity contribution < 1.29 is 9.59 Å². The summed E-state index contributed by atoms with van der Waals surface area (Å²) in [4.78, 5) is 27.5. The molecular formula is C18H23N3O2. The van der Waals surface area contributed by atoms with Crippen molar-refractivity contribution in [3.05, 3.63) is 54.6 Å². The quantitative estimate of drug-likeness (QED) is 0.655. The molecule has 2 rings (SSSR count).